The van der Waals surface area contributed by atoms with Gasteiger partial charge in [0.05, 0.1) is 0 Å². The zero-order valence-electron chi connectivity index (χ0n) is 31.4. The van der Waals surface area contributed by atoms with Crippen LogP contribution in [0.4, 0.5) is 8.78 Å². The molecule has 0 amide bonds. The molecule has 0 saturated carbocycles. The monoisotopic (exact) mass is 929 g/mol. The van der Waals surface area contributed by atoms with Crippen LogP contribution in [-0.2, 0) is 20.1 Å². The van der Waals surface area contributed by atoms with Crippen molar-refractivity contribution in [1.82, 2.24) is 9.97 Å². The van der Waals surface area contributed by atoms with Gasteiger partial charge in [-0.15, -0.1) is 65.7 Å². The fourth-order valence-electron chi connectivity index (χ4n) is 7.43. The molecule has 0 spiro atoms. The van der Waals surface area contributed by atoms with E-state index in [1.54, 1.807) is 24.4 Å². The van der Waals surface area contributed by atoms with Gasteiger partial charge in [0.15, 0.2) is 0 Å². The van der Waals surface area contributed by atoms with Crippen LogP contribution >= 0.6 is 0 Å². The molecule has 58 heavy (non-hydrogen) atoms. The second-order valence-corrected chi connectivity index (χ2v) is 14.0. The Bertz CT molecular complexity index is 2840. The van der Waals surface area contributed by atoms with E-state index in [2.05, 4.69) is 121 Å². The number of rotatable bonds is 8. The van der Waals surface area contributed by atoms with Gasteiger partial charge in [0.1, 0.15) is 5.82 Å². The molecule has 0 aliphatic rings. The first-order chi connectivity index (χ1) is 28.0. The van der Waals surface area contributed by atoms with E-state index in [1.807, 2.05) is 48.7 Å². The van der Waals surface area contributed by atoms with Crippen LogP contribution in [-0.4, -0.2) is 9.97 Å². The second kappa shape index (κ2) is 16.8. The molecule has 0 saturated heterocycles. The zero-order valence-corrected chi connectivity index (χ0v) is 33.8. The Labute approximate surface area is 351 Å². The maximum Gasteiger partial charge on any atom is 0.123 e. The third-order valence-electron chi connectivity index (χ3n) is 10.2. The van der Waals surface area contributed by atoms with Gasteiger partial charge < -0.3 is 9.97 Å². The van der Waals surface area contributed by atoms with Crippen LogP contribution in [0.2, 0.25) is 0 Å². The van der Waals surface area contributed by atoms with Crippen molar-refractivity contribution >= 4 is 0 Å². The number of hydrogen-bond donors (Lipinski definition) is 0. The maximum atomic E-state index is 15.1. The Morgan fingerprint density at radius 2 is 1.02 bits per heavy atom. The van der Waals surface area contributed by atoms with Gasteiger partial charge in [-0.05, 0) is 103 Å². The number of hydrogen-bond acceptors (Lipinski definition) is 2. The summed E-state index contributed by atoms with van der Waals surface area (Å²) < 4.78 is 28.6. The third kappa shape index (κ3) is 7.96. The number of pyridine rings is 2. The molecule has 1 radical (unpaired) electrons. The van der Waals surface area contributed by atoms with Crippen LogP contribution in [0.5, 0.6) is 0 Å². The SMILES string of the molecule is Cc1cc(-c2cc(F)ccc2-c2ccc(-c3[c-]cc(F)cc3)nc2)cc(-c2ccccc2-c2cnc(-c3[c-]cccc3)cc2-c2ccc(-c3ccccc3)cc2)c1.[Ir]. The molecule has 2 heterocycles. The van der Waals surface area contributed by atoms with Crippen molar-refractivity contribution in [3.63, 3.8) is 0 Å². The maximum absolute atomic E-state index is 15.1. The van der Waals surface area contributed by atoms with Crippen molar-refractivity contribution in [2.24, 2.45) is 0 Å². The summed E-state index contributed by atoms with van der Waals surface area (Å²) in [7, 11) is 0. The fourth-order valence-corrected chi connectivity index (χ4v) is 7.43. The molecule has 0 aliphatic carbocycles. The van der Waals surface area contributed by atoms with Crippen LogP contribution in [0.3, 0.4) is 0 Å². The average Bonchev–Trinajstić information content (AvgIpc) is 3.27. The van der Waals surface area contributed by atoms with E-state index < -0.39 is 0 Å². The van der Waals surface area contributed by atoms with E-state index in [9.17, 15) is 4.39 Å². The Kier molecular flexibility index (Phi) is 11.1. The van der Waals surface area contributed by atoms with Crippen molar-refractivity contribution in [2.75, 3.05) is 0 Å². The third-order valence-corrected chi connectivity index (χ3v) is 10.2. The Morgan fingerprint density at radius 1 is 0.397 bits per heavy atom. The molecular formula is C53H34F2IrN2-2. The molecule has 0 N–H and O–H groups in total. The first-order valence-corrected chi connectivity index (χ1v) is 18.8. The summed E-state index contributed by atoms with van der Waals surface area (Å²) in [4.78, 5) is 9.64. The van der Waals surface area contributed by atoms with E-state index in [0.29, 0.717) is 11.3 Å². The van der Waals surface area contributed by atoms with E-state index in [-0.39, 0.29) is 31.7 Å². The smallest absolute Gasteiger partial charge is 0.123 e. The molecule has 0 aliphatic heterocycles. The number of aryl methyl sites for hydroxylation is 1. The molecule has 5 heteroatoms. The predicted octanol–water partition coefficient (Wildman–Crippen LogP) is 14.0. The minimum absolute atomic E-state index is 0. The van der Waals surface area contributed by atoms with Gasteiger partial charge >= 0.3 is 0 Å². The quantitative estimate of drug-likeness (QED) is 0.142. The summed E-state index contributed by atoms with van der Waals surface area (Å²) in [5, 5.41) is 0. The van der Waals surface area contributed by atoms with E-state index in [0.717, 1.165) is 83.6 Å². The molecule has 7 aromatic carbocycles. The Hall–Kier alpha value is -6.65. The summed E-state index contributed by atoms with van der Waals surface area (Å²) in [6.07, 6.45) is 3.74. The van der Waals surface area contributed by atoms with Crippen molar-refractivity contribution in [3.8, 4) is 89.3 Å². The minimum atomic E-state index is -0.350. The number of benzene rings is 7. The number of halogens is 2. The number of aromatic nitrogens is 2. The van der Waals surface area contributed by atoms with E-state index in [4.69, 9.17) is 4.98 Å². The van der Waals surface area contributed by atoms with Gasteiger partial charge in [-0.25, -0.2) is 4.39 Å². The largest absolute Gasteiger partial charge is 0.304 e. The predicted molar refractivity (Wildman–Crippen MR) is 228 cm³/mol. The summed E-state index contributed by atoms with van der Waals surface area (Å²) in [5.41, 5.74) is 16.0. The summed E-state index contributed by atoms with van der Waals surface area (Å²) in [6, 6.07) is 63.3. The van der Waals surface area contributed by atoms with Crippen LogP contribution in [0.1, 0.15) is 5.56 Å². The molecule has 0 fully saturated rings. The van der Waals surface area contributed by atoms with Crippen molar-refractivity contribution in [3.05, 3.63) is 218 Å². The van der Waals surface area contributed by atoms with E-state index in [1.165, 1.54) is 18.2 Å². The van der Waals surface area contributed by atoms with Crippen molar-refractivity contribution < 1.29 is 28.9 Å². The summed E-state index contributed by atoms with van der Waals surface area (Å²) >= 11 is 0. The molecule has 0 unspecified atom stereocenters. The number of nitrogens with zero attached hydrogens (tertiary/aromatic N) is 2. The van der Waals surface area contributed by atoms with Gasteiger partial charge in [0.25, 0.3) is 0 Å². The zero-order chi connectivity index (χ0) is 38.7. The second-order valence-electron chi connectivity index (χ2n) is 14.0. The first-order valence-electron chi connectivity index (χ1n) is 18.8. The van der Waals surface area contributed by atoms with Crippen molar-refractivity contribution in [2.45, 2.75) is 6.92 Å². The standard InChI is InChI=1S/C53H34F2N2.Ir/c1-35-28-42(30-43(29-35)49-31-45(55)25-26-47(49)41-22-27-52(56-33-41)40-20-23-44(54)24-21-40)46-14-8-9-15-48(46)51-34-57-53(39-12-6-3-7-13-39)32-50(51)38-18-16-37(17-19-38)36-10-4-2-5-11-36;/h2-12,14-20,22-34H,1H3;/q-2;. The Balaban J connectivity index is 0.00000469. The molecular weight excluding hydrogens is 895 g/mol. The molecule has 0 atom stereocenters. The van der Waals surface area contributed by atoms with Crippen LogP contribution < -0.4 is 0 Å². The van der Waals surface area contributed by atoms with Crippen LogP contribution in [0.25, 0.3) is 89.3 Å². The Morgan fingerprint density at radius 3 is 1.74 bits per heavy atom. The fraction of sp³-hybridized carbons (Fsp3) is 0.0189. The molecule has 2 aromatic heterocycles. The van der Waals surface area contributed by atoms with Gasteiger partial charge in [-0.1, -0.05) is 115 Å². The van der Waals surface area contributed by atoms with Gasteiger partial charge in [0.2, 0.25) is 0 Å². The van der Waals surface area contributed by atoms with Crippen LogP contribution in [0, 0.1) is 30.7 Å². The normalized spacial score (nSPS) is 10.9. The van der Waals surface area contributed by atoms with Gasteiger partial charge in [-0.2, -0.15) is 0 Å². The summed E-state index contributed by atoms with van der Waals surface area (Å²) in [6.45, 7) is 2.07. The molecule has 9 aromatic rings. The minimum Gasteiger partial charge on any atom is -0.304 e. The molecule has 9 rings (SSSR count). The molecule has 281 valence electrons. The molecule has 2 nitrogen and oxygen atoms in total. The first kappa shape index (κ1) is 38.2. The van der Waals surface area contributed by atoms with Crippen molar-refractivity contribution in [1.29, 1.82) is 0 Å². The van der Waals surface area contributed by atoms with Gasteiger partial charge in [-0.3, -0.25) is 4.39 Å². The topological polar surface area (TPSA) is 25.8 Å². The average molecular weight is 929 g/mol. The van der Waals surface area contributed by atoms with E-state index >= 15 is 4.39 Å². The summed E-state index contributed by atoms with van der Waals surface area (Å²) in [5.74, 6) is -0.676. The van der Waals surface area contributed by atoms with Gasteiger partial charge in [0, 0.05) is 43.9 Å². The molecule has 0 bridgehead atoms. The van der Waals surface area contributed by atoms with Crippen LogP contribution in [0.15, 0.2) is 188 Å².